The zero-order valence-corrected chi connectivity index (χ0v) is 16.0. The first-order valence-corrected chi connectivity index (χ1v) is 8.74. The predicted molar refractivity (Wildman–Crippen MR) is 97.1 cm³/mol. The largest absolute Gasteiger partial charge is 0.461 e. The monoisotopic (exact) mass is 387 g/mol. The Morgan fingerprint density at radius 3 is 2.43 bits per heavy atom. The second kappa shape index (κ2) is 7.79. The van der Waals surface area contributed by atoms with Gasteiger partial charge < -0.3 is 18.8 Å². The van der Waals surface area contributed by atoms with Crippen molar-refractivity contribution < 1.29 is 28.6 Å². The van der Waals surface area contributed by atoms with Gasteiger partial charge in [-0.15, -0.1) is 0 Å². The van der Waals surface area contributed by atoms with E-state index >= 15 is 0 Å². The predicted octanol–water partition coefficient (Wildman–Crippen LogP) is 1.65. The third-order valence-electron chi connectivity index (χ3n) is 4.45. The lowest BCUT2D eigenvalue weighted by Gasteiger charge is -2.26. The van der Waals surface area contributed by atoms with Gasteiger partial charge in [-0.3, -0.25) is 14.4 Å². The number of carbonyl (C=O) groups excluding carboxylic acids is 3. The number of aryl methyl sites for hydroxylation is 1. The van der Waals surface area contributed by atoms with Gasteiger partial charge in [-0.05, 0) is 13.0 Å². The molecule has 28 heavy (non-hydrogen) atoms. The van der Waals surface area contributed by atoms with Gasteiger partial charge in [0.25, 0.3) is 0 Å². The number of fused-ring (bicyclic) bond motifs is 1. The summed E-state index contributed by atoms with van der Waals surface area (Å²) in [5, 5.41) is 0.856. The van der Waals surface area contributed by atoms with Crippen LogP contribution in [0.5, 0.6) is 0 Å². The van der Waals surface area contributed by atoms with Crippen molar-refractivity contribution >= 4 is 28.9 Å². The van der Waals surface area contributed by atoms with Crippen molar-refractivity contribution in [3.05, 3.63) is 35.9 Å². The van der Waals surface area contributed by atoms with E-state index in [1.54, 1.807) is 6.08 Å². The highest BCUT2D eigenvalue weighted by atomic mass is 16.6. The normalized spacial score (nSPS) is 21.3. The van der Waals surface area contributed by atoms with Crippen molar-refractivity contribution in [3.8, 4) is 0 Å². The molecule has 2 aromatic heterocycles. The first-order chi connectivity index (χ1) is 13.3. The molecule has 2 aromatic rings. The van der Waals surface area contributed by atoms with Gasteiger partial charge in [-0.2, -0.15) is 0 Å². The van der Waals surface area contributed by atoms with Crippen molar-refractivity contribution in [1.82, 2.24) is 14.5 Å². The molecule has 0 aromatic carbocycles. The fourth-order valence-corrected chi connectivity index (χ4v) is 3.34. The molecule has 0 spiro atoms. The lowest BCUT2D eigenvalue weighted by atomic mass is 10.1. The highest BCUT2D eigenvalue weighted by molar-refractivity contribution is 5.78. The number of esters is 3. The van der Waals surface area contributed by atoms with Gasteiger partial charge in [0.05, 0.1) is 11.7 Å². The fourth-order valence-electron chi connectivity index (χ4n) is 3.34. The molecular formula is C19H21N3O6. The maximum absolute atomic E-state index is 11.7. The van der Waals surface area contributed by atoms with Gasteiger partial charge in [0.15, 0.2) is 12.2 Å². The van der Waals surface area contributed by atoms with E-state index in [2.05, 4.69) is 9.97 Å². The molecule has 1 unspecified atom stereocenters. The zero-order valence-electron chi connectivity index (χ0n) is 16.0. The summed E-state index contributed by atoms with van der Waals surface area (Å²) < 4.78 is 17.8. The number of nitrogens with zero attached hydrogens (tertiary/aromatic N) is 3. The Morgan fingerprint density at radius 2 is 1.79 bits per heavy atom. The van der Waals surface area contributed by atoms with Crippen LogP contribution in [0.15, 0.2) is 30.2 Å². The standard InChI is InChI=1S/C19H21N3O6/c1-10-15-5-6-22(19(15)21-9-20-10)16-7-14(8-26-11(2)23)17(27-12(3)24)18(16)28-13(4)25/h5-7,9,16-18H,8H2,1-4H3/t16-,17+,18?/m1/s1. The summed E-state index contributed by atoms with van der Waals surface area (Å²) in [5.74, 6) is -1.52. The van der Waals surface area contributed by atoms with Crippen molar-refractivity contribution in [2.24, 2.45) is 0 Å². The van der Waals surface area contributed by atoms with Crippen LogP contribution in [0.25, 0.3) is 11.0 Å². The Morgan fingerprint density at radius 1 is 1.07 bits per heavy atom. The van der Waals surface area contributed by atoms with E-state index in [0.29, 0.717) is 11.2 Å². The van der Waals surface area contributed by atoms with E-state index in [1.807, 2.05) is 23.8 Å². The van der Waals surface area contributed by atoms with Gasteiger partial charge in [0.2, 0.25) is 0 Å². The summed E-state index contributed by atoms with van der Waals surface area (Å²) in [7, 11) is 0. The van der Waals surface area contributed by atoms with E-state index in [1.165, 1.54) is 27.1 Å². The van der Waals surface area contributed by atoms with E-state index in [0.717, 1.165) is 11.1 Å². The number of hydrogen-bond acceptors (Lipinski definition) is 8. The van der Waals surface area contributed by atoms with Crippen LogP contribution in [0.3, 0.4) is 0 Å². The zero-order chi connectivity index (χ0) is 20.4. The summed E-state index contributed by atoms with van der Waals surface area (Å²) >= 11 is 0. The summed E-state index contributed by atoms with van der Waals surface area (Å²) in [6.45, 7) is 5.64. The lowest BCUT2D eigenvalue weighted by Crippen LogP contribution is -2.37. The molecule has 0 radical (unpaired) electrons. The minimum absolute atomic E-state index is 0.0746. The van der Waals surface area contributed by atoms with Gasteiger partial charge in [-0.1, -0.05) is 6.08 Å². The SMILES string of the molecule is CC(=O)OCC1=C[C@@H](n2ccc3c(C)ncnc32)C(OC(C)=O)[C@H]1OC(C)=O. The van der Waals surface area contributed by atoms with Crippen molar-refractivity contribution in [2.75, 3.05) is 6.61 Å². The molecule has 0 bridgehead atoms. The summed E-state index contributed by atoms with van der Waals surface area (Å²) in [4.78, 5) is 43.1. The molecule has 1 aliphatic rings. The summed E-state index contributed by atoms with van der Waals surface area (Å²) in [6, 6.07) is 1.37. The molecule has 0 amide bonds. The van der Waals surface area contributed by atoms with Gasteiger partial charge >= 0.3 is 17.9 Å². The molecule has 148 valence electrons. The highest BCUT2D eigenvalue weighted by Crippen LogP contribution is 2.36. The van der Waals surface area contributed by atoms with Gasteiger partial charge in [0, 0.05) is 37.9 Å². The Balaban J connectivity index is 2.06. The lowest BCUT2D eigenvalue weighted by molar-refractivity contribution is -0.163. The topological polar surface area (TPSA) is 110 Å². The Bertz CT molecular complexity index is 964. The molecule has 0 N–H and O–H groups in total. The number of ether oxygens (including phenoxy) is 3. The Labute approximate surface area is 161 Å². The second-order valence-electron chi connectivity index (χ2n) is 6.54. The average Bonchev–Trinajstić information content (AvgIpc) is 3.16. The summed E-state index contributed by atoms with van der Waals surface area (Å²) in [5.41, 5.74) is 2.00. The number of aromatic nitrogens is 3. The number of rotatable bonds is 5. The smallest absolute Gasteiger partial charge is 0.303 e. The van der Waals surface area contributed by atoms with Crippen molar-refractivity contribution in [2.45, 2.75) is 45.9 Å². The highest BCUT2D eigenvalue weighted by Gasteiger charge is 2.43. The minimum Gasteiger partial charge on any atom is -0.461 e. The number of hydrogen-bond donors (Lipinski definition) is 0. The number of carbonyl (C=O) groups is 3. The van der Waals surface area contributed by atoms with Crippen molar-refractivity contribution in [1.29, 1.82) is 0 Å². The molecule has 3 rings (SSSR count). The van der Waals surface area contributed by atoms with Gasteiger partial charge in [0.1, 0.15) is 18.6 Å². The molecule has 2 heterocycles. The minimum atomic E-state index is -0.869. The maximum Gasteiger partial charge on any atom is 0.303 e. The Kier molecular flexibility index (Phi) is 5.43. The molecule has 0 saturated carbocycles. The molecule has 9 nitrogen and oxygen atoms in total. The first kappa shape index (κ1) is 19.5. The molecule has 0 fully saturated rings. The first-order valence-electron chi connectivity index (χ1n) is 8.74. The van der Waals surface area contributed by atoms with Crippen LogP contribution in [0, 0.1) is 6.92 Å². The van der Waals surface area contributed by atoms with E-state index in [4.69, 9.17) is 14.2 Å². The Hall–Kier alpha value is -3.23. The van der Waals surface area contributed by atoms with E-state index in [9.17, 15) is 14.4 Å². The maximum atomic E-state index is 11.7. The molecule has 3 atom stereocenters. The van der Waals surface area contributed by atoms with Crippen LogP contribution >= 0.6 is 0 Å². The summed E-state index contributed by atoms with van der Waals surface area (Å²) in [6.07, 6.45) is 3.35. The average molecular weight is 387 g/mol. The van der Waals surface area contributed by atoms with E-state index in [-0.39, 0.29) is 6.61 Å². The van der Waals surface area contributed by atoms with Crippen LogP contribution in [0.4, 0.5) is 0 Å². The molecule has 1 aliphatic carbocycles. The van der Waals surface area contributed by atoms with Crippen LogP contribution in [-0.2, 0) is 28.6 Å². The van der Waals surface area contributed by atoms with Crippen LogP contribution < -0.4 is 0 Å². The van der Waals surface area contributed by atoms with Crippen LogP contribution in [-0.4, -0.2) is 51.3 Å². The van der Waals surface area contributed by atoms with Crippen molar-refractivity contribution in [3.63, 3.8) is 0 Å². The van der Waals surface area contributed by atoms with Crippen LogP contribution in [0.1, 0.15) is 32.5 Å². The molecule has 0 aliphatic heterocycles. The second-order valence-corrected chi connectivity index (χ2v) is 6.54. The molecular weight excluding hydrogens is 366 g/mol. The molecule has 0 saturated heterocycles. The third-order valence-corrected chi connectivity index (χ3v) is 4.45. The third kappa shape index (κ3) is 3.88. The van der Waals surface area contributed by atoms with Gasteiger partial charge in [-0.25, -0.2) is 9.97 Å². The molecule has 9 heteroatoms. The fraction of sp³-hybridized carbons (Fsp3) is 0.421. The van der Waals surface area contributed by atoms with E-state index < -0.39 is 36.2 Å². The van der Waals surface area contributed by atoms with Crippen LogP contribution in [0.2, 0.25) is 0 Å². The quantitative estimate of drug-likeness (QED) is 0.433.